The molecule has 0 unspecified atom stereocenters. The van der Waals surface area contributed by atoms with Crippen LogP contribution in [0.4, 0.5) is 0 Å². The summed E-state index contributed by atoms with van der Waals surface area (Å²) in [4.78, 5) is 14.2. The first kappa shape index (κ1) is 21.1. The van der Waals surface area contributed by atoms with Crippen molar-refractivity contribution in [2.45, 2.75) is 63.6 Å². The van der Waals surface area contributed by atoms with Gasteiger partial charge in [-0.25, -0.2) is 0 Å². The summed E-state index contributed by atoms with van der Waals surface area (Å²) in [6, 6.07) is 0. The van der Waals surface area contributed by atoms with Crippen LogP contribution in [0, 0.1) is 5.92 Å². The van der Waals surface area contributed by atoms with Gasteiger partial charge in [0.25, 0.3) is 0 Å². The molecule has 2 N–H and O–H groups in total. The smallest absolute Gasteiger partial charge is 0.457 e. The maximum absolute atomic E-state index is 11.5. The quantitative estimate of drug-likeness (QED) is 0.338. The van der Waals surface area contributed by atoms with Crippen molar-refractivity contribution in [1.29, 1.82) is 0 Å². The molecule has 2 rings (SSSR count). The van der Waals surface area contributed by atoms with E-state index in [0.29, 0.717) is 19.3 Å². The highest BCUT2D eigenvalue weighted by molar-refractivity contribution is 6.45. The molecule has 0 radical (unpaired) electrons. The van der Waals surface area contributed by atoms with Crippen LogP contribution in [0.2, 0.25) is 6.32 Å². The molecule has 0 aromatic rings. The molecule has 8 nitrogen and oxygen atoms in total. The monoisotopic (exact) mass is 360 g/mol. The summed E-state index contributed by atoms with van der Waals surface area (Å²) in [7, 11) is -0.291. The minimum atomic E-state index is -1.40. The van der Waals surface area contributed by atoms with E-state index < -0.39 is 11.5 Å². The molecule has 24 heavy (non-hydrogen) atoms. The number of hydrogen-bond acceptors (Lipinski definition) is 5. The number of carboxylic acids is 1. The summed E-state index contributed by atoms with van der Waals surface area (Å²) < 4.78 is 11.9. The summed E-state index contributed by atoms with van der Waals surface area (Å²) >= 11 is 0. The Hall–Kier alpha value is -0.985. The topological polar surface area (TPSA) is 117 Å². The Kier molecular flexibility index (Phi) is 6.58. The van der Waals surface area contributed by atoms with E-state index in [1.54, 1.807) is 0 Å². The fourth-order valence-corrected chi connectivity index (χ4v) is 3.13. The van der Waals surface area contributed by atoms with Crippen molar-refractivity contribution in [2.24, 2.45) is 11.0 Å². The van der Waals surface area contributed by atoms with Crippen LogP contribution in [-0.2, 0) is 14.1 Å². The number of carboxylic acid groups (broad SMARTS) is 1. The third-order valence-electron chi connectivity index (χ3n) is 5.22. The first-order chi connectivity index (χ1) is 10.6. The van der Waals surface area contributed by atoms with Crippen LogP contribution >= 0.6 is 12.4 Å². The number of carbonyl (C=O) groups is 1. The third-order valence-corrected chi connectivity index (χ3v) is 5.22. The highest BCUT2D eigenvalue weighted by atomic mass is 35.5. The van der Waals surface area contributed by atoms with Gasteiger partial charge in [0.15, 0.2) is 5.54 Å². The Balaban J connectivity index is 0.00000288. The molecular formula is C14H26BClN4O4. The molecular weight excluding hydrogens is 334 g/mol. The molecule has 2 aliphatic rings. The van der Waals surface area contributed by atoms with Gasteiger partial charge in [0.05, 0.1) is 11.2 Å². The summed E-state index contributed by atoms with van der Waals surface area (Å²) in [6.07, 6.45) is 1.77. The second-order valence-electron chi connectivity index (χ2n) is 7.49. The first-order valence-corrected chi connectivity index (χ1v) is 7.98. The number of piperidine rings is 1. The standard InChI is InChI=1S/C14H25BN4O4.ClH/c1-12(2)13(3,4)23-15(22-12)6-5-10-7-14(11(20)21,18-19-16)9-17-8-10;/h10,17H,5-9H2,1-4H3,(H,20,21);1H/t10-,14-;/m0./s1. The molecule has 136 valence electrons. The van der Waals surface area contributed by atoms with E-state index in [1.807, 2.05) is 27.7 Å². The van der Waals surface area contributed by atoms with Crippen molar-refractivity contribution in [2.75, 3.05) is 13.1 Å². The molecule has 0 bridgehead atoms. The average Bonchev–Trinajstić information content (AvgIpc) is 2.65. The third kappa shape index (κ3) is 4.15. The summed E-state index contributed by atoms with van der Waals surface area (Å²) in [6.45, 7) is 8.89. The summed E-state index contributed by atoms with van der Waals surface area (Å²) in [5.41, 5.74) is 6.54. The zero-order chi connectivity index (χ0) is 17.3. The van der Waals surface area contributed by atoms with Gasteiger partial charge in [-0.1, -0.05) is 11.5 Å². The van der Waals surface area contributed by atoms with Crippen molar-refractivity contribution in [3.8, 4) is 0 Å². The normalized spacial score (nSPS) is 31.0. The van der Waals surface area contributed by atoms with Crippen molar-refractivity contribution >= 4 is 25.5 Å². The number of azide groups is 1. The maximum atomic E-state index is 11.5. The molecule has 0 spiro atoms. The van der Waals surface area contributed by atoms with E-state index in [9.17, 15) is 9.90 Å². The van der Waals surface area contributed by atoms with Crippen LogP contribution in [0.1, 0.15) is 40.5 Å². The van der Waals surface area contributed by atoms with Gasteiger partial charge < -0.3 is 19.7 Å². The van der Waals surface area contributed by atoms with Crippen molar-refractivity contribution in [3.63, 3.8) is 0 Å². The zero-order valence-corrected chi connectivity index (χ0v) is 15.4. The first-order valence-electron chi connectivity index (χ1n) is 7.98. The van der Waals surface area contributed by atoms with Crippen molar-refractivity contribution < 1.29 is 19.2 Å². The van der Waals surface area contributed by atoms with E-state index in [-0.39, 0.29) is 43.2 Å². The summed E-state index contributed by atoms with van der Waals surface area (Å²) in [5.74, 6) is -0.979. The van der Waals surface area contributed by atoms with Gasteiger partial charge >= 0.3 is 13.1 Å². The predicted octanol–water partition coefficient (Wildman–Crippen LogP) is 2.63. The highest BCUT2D eigenvalue weighted by Crippen LogP contribution is 2.39. The maximum Gasteiger partial charge on any atom is 0.457 e. The van der Waals surface area contributed by atoms with Gasteiger partial charge in [0, 0.05) is 11.5 Å². The molecule has 0 aliphatic carbocycles. The number of aliphatic carboxylic acids is 1. The van der Waals surface area contributed by atoms with E-state index >= 15 is 0 Å². The van der Waals surface area contributed by atoms with Gasteiger partial charge in [-0.15, -0.1) is 12.4 Å². The second-order valence-corrected chi connectivity index (χ2v) is 7.49. The molecule has 2 fully saturated rings. The molecule has 0 aromatic heterocycles. The SMILES string of the molecule is CC1(C)OB(CC[C@@H]2CNC[C@](N=[N+]=[N-])(C(=O)O)C2)OC1(C)C.Cl. The molecule has 0 amide bonds. The Labute approximate surface area is 148 Å². The highest BCUT2D eigenvalue weighted by Gasteiger charge is 2.51. The molecule has 0 saturated carbocycles. The number of nitrogens with zero attached hydrogens (tertiary/aromatic N) is 3. The Morgan fingerprint density at radius 3 is 2.46 bits per heavy atom. The number of halogens is 1. The molecule has 2 aliphatic heterocycles. The van der Waals surface area contributed by atoms with Crippen LogP contribution in [0.5, 0.6) is 0 Å². The molecule has 2 saturated heterocycles. The number of rotatable bonds is 5. The van der Waals surface area contributed by atoms with E-state index in [4.69, 9.17) is 14.8 Å². The van der Waals surface area contributed by atoms with E-state index in [0.717, 1.165) is 6.42 Å². The van der Waals surface area contributed by atoms with Crippen LogP contribution in [0.15, 0.2) is 5.11 Å². The predicted molar refractivity (Wildman–Crippen MR) is 93.2 cm³/mol. The van der Waals surface area contributed by atoms with Crippen LogP contribution in [-0.4, -0.2) is 48.0 Å². The Bertz CT molecular complexity index is 507. The number of hydrogen-bond donors (Lipinski definition) is 2. The zero-order valence-electron chi connectivity index (χ0n) is 14.6. The Morgan fingerprint density at radius 1 is 1.38 bits per heavy atom. The van der Waals surface area contributed by atoms with E-state index in [1.165, 1.54) is 0 Å². The lowest BCUT2D eigenvalue weighted by Crippen LogP contribution is -2.53. The van der Waals surface area contributed by atoms with Gasteiger partial charge in [-0.2, -0.15) is 0 Å². The lowest BCUT2D eigenvalue weighted by atomic mass is 9.75. The van der Waals surface area contributed by atoms with Gasteiger partial charge in [-0.3, -0.25) is 4.79 Å². The molecule has 2 heterocycles. The fourth-order valence-electron chi connectivity index (χ4n) is 3.13. The minimum Gasteiger partial charge on any atom is -0.481 e. The van der Waals surface area contributed by atoms with Crippen molar-refractivity contribution in [1.82, 2.24) is 5.32 Å². The molecule has 0 aromatic carbocycles. The lowest BCUT2D eigenvalue weighted by molar-refractivity contribution is -0.144. The van der Waals surface area contributed by atoms with Gasteiger partial charge in [-0.05, 0) is 58.4 Å². The second kappa shape index (κ2) is 7.50. The largest absolute Gasteiger partial charge is 0.481 e. The lowest BCUT2D eigenvalue weighted by Gasteiger charge is -2.34. The molecule has 2 atom stereocenters. The average molecular weight is 361 g/mol. The minimum absolute atomic E-state index is 0. The van der Waals surface area contributed by atoms with Gasteiger partial charge in [0.1, 0.15) is 0 Å². The van der Waals surface area contributed by atoms with Crippen LogP contribution in [0.25, 0.3) is 10.4 Å². The van der Waals surface area contributed by atoms with Crippen LogP contribution in [0.3, 0.4) is 0 Å². The number of nitrogens with one attached hydrogen (secondary N) is 1. The van der Waals surface area contributed by atoms with Crippen molar-refractivity contribution in [3.05, 3.63) is 10.4 Å². The Morgan fingerprint density at radius 2 is 1.96 bits per heavy atom. The summed E-state index contributed by atoms with van der Waals surface area (Å²) in [5, 5.41) is 16.0. The molecule has 10 heteroatoms. The van der Waals surface area contributed by atoms with Gasteiger partial charge in [0.2, 0.25) is 0 Å². The van der Waals surface area contributed by atoms with Crippen LogP contribution < -0.4 is 5.32 Å². The van der Waals surface area contributed by atoms with E-state index in [2.05, 4.69) is 15.3 Å². The fraction of sp³-hybridized carbons (Fsp3) is 0.929.